The van der Waals surface area contributed by atoms with E-state index in [0.717, 1.165) is 11.9 Å². The third-order valence-corrected chi connectivity index (χ3v) is 5.49. The third kappa shape index (κ3) is 2.66. The van der Waals surface area contributed by atoms with Crippen LogP contribution in [0.1, 0.15) is 20.3 Å². The van der Waals surface area contributed by atoms with Gasteiger partial charge in [0.1, 0.15) is 4.90 Å². The maximum absolute atomic E-state index is 12.6. The number of rotatable bonds is 5. The SMILES string of the molecule is CCC(C)CN(C)S(=O)(=O)c1c[nH]c2ccc(N)cc12. The normalized spacial score (nSPS) is 14.0. The lowest BCUT2D eigenvalue weighted by atomic mass is 10.1. The predicted octanol–water partition coefficient (Wildman–Crippen LogP) is 2.42. The van der Waals surface area contributed by atoms with Crippen LogP contribution in [-0.4, -0.2) is 31.3 Å². The van der Waals surface area contributed by atoms with Crippen LogP contribution in [0.25, 0.3) is 10.9 Å². The molecule has 0 aliphatic carbocycles. The Morgan fingerprint density at radius 3 is 2.75 bits per heavy atom. The third-order valence-electron chi connectivity index (χ3n) is 3.62. The van der Waals surface area contributed by atoms with E-state index in [0.29, 0.717) is 23.5 Å². The molecule has 20 heavy (non-hydrogen) atoms. The van der Waals surface area contributed by atoms with Crippen molar-refractivity contribution in [3.8, 4) is 0 Å². The lowest BCUT2D eigenvalue weighted by Crippen LogP contribution is -2.30. The summed E-state index contributed by atoms with van der Waals surface area (Å²) in [6.07, 6.45) is 2.48. The molecule has 2 rings (SSSR count). The van der Waals surface area contributed by atoms with Crippen molar-refractivity contribution >= 4 is 26.6 Å². The lowest BCUT2D eigenvalue weighted by Gasteiger charge is -2.20. The average Bonchev–Trinajstić information content (AvgIpc) is 2.81. The van der Waals surface area contributed by atoms with Crippen LogP contribution in [0.3, 0.4) is 0 Å². The van der Waals surface area contributed by atoms with Crippen molar-refractivity contribution in [3.63, 3.8) is 0 Å². The second-order valence-corrected chi connectivity index (χ2v) is 7.27. The summed E-state index contributed by atoms with van der Waals surface area (Å²) in [6, 6.07) is 5.23. The molecule has 0 saturated heterocycles. The van der Waals surface area contributed by atoms with Crippen LogP contribution in [0.5, 0.6) is 0 Å². The molecule has 2 aromatic rings. The van der Waals surface area contributed by atoms with Crippen LogP contribution < -0.4 is 5.73 Å². The molecule has 110 valence electrons. The van der Waals surface area contributed by atoms with Gasteiger partial charge in [-0.25, -0.2) is 12.7 Å². The number of nitrogen functional groups attached to an aromatic ring is 1. The smallest absolute Gasteiger partial charge is 0.244 e. The number of nitrogens with zero attached hydrogens (tertiary/aromatic N) is 1. The predicted molar refractivity (Wildman–Crippen MR) is 82.0 cm³/mol. The largest absolute Gasteiger partial charge is 0.399 e. The van der Waals surface area contributed by atoms with Gasteiger partial charge in [-0.05, 0) is 24.1 Å². The molecule has 0 radical (unpaired) electrons. The number of benzene rings is 1. The van der Waals surface area contributed by atoms with Crippen LogP contribution in [0.4, 0.5) is 5.69 Å². The van der Waals surface area contributed by atoms with Gasteiger partial charge in [0.25, 0.3) is 0 Å². The number of hydrogen-bond donors (Lipinski definition) is 2. The molecular formula is C14H21N3O2S. The number of nitrogens with one attached hydrogen (secondary N) is 1. The molecule has 0 spiro atoms. The first-order valence-electron chi connectivity index (χ1n) is 6.69. The van der Waals surface area contributed by atoms with Gasteiger partial charge in [-0.15, -0.1) is 0 Å². The molecule has 1 aromatic heterocycles. The van der Waals surface area contributed by atoms with Crippen molar-refractivity contribution < 1.29 is 8.42 Å². The molecule has 1 unspecified atom stereocenters. The highest BCUT2D eigenvalue weighted by Crippen LogP contribution is 2.27. The van der Waals surface area contributed by atoms with E-state index in [1.807, 2.05) is 6.92 Å². The van der Waals surface area contributed by atoms with Gasteiger partial charge in [-0.1, -0.05) is 20.3 Å². The van der Waals surface area contributed by atoms with E-state index >= 15 is 0 Å². The van der Waals surface area contributed by atoms with Gasteiger partial charge in [-0.3, -0.25) is 0 Å². The summed E-state index contributed by atoms with van der Waals surface area (Å²) < 4.78 is 26.7. The number of H-pyrrole nitrogens is 1. The number of fused-ring (bicyclic) bond motifs is 1. The maximum Gasteiger partial charge on any atom is 0.244 e. The fourth-order valence-corrected chi connectivity index (χ4v) is 3.60. The van der Waals surface area contributed by atoms with Gasteiger partial charge in [-0.2, -0.15) is 0 Å². The van der Waals surface area contributed by atoms with Crippen molar-refractivity contribution in [2.75, 3.05) is 19.3 Å². The topological polar surface area (TPSA) is 79.2 Å². The van der Waals surface area contributed by atoms with Gasteiger partial charge in [0.15, 0.2) is 0 Å². The Morgan fingerprint density at radius 2 is 2.10 bits per heavy atom. The van der Waals surface area contributed by atoms with Crippen molar-refractivity contribution in [1.29, 1.82) is 0 Å². The number of hydrogen-bond acceptors (Lipinski definition) is 3. The van der Waals surface area contributed by atoms with Gasteiger partial charge in [0, 0.05) is 36.4 Å². The second kappa shape index (κ2) is 5.46. The molecule has 0 fully saturated rings. The van der Waals surface area contributed by atoms with Crippen molar-refractivity contribution in [3.05, 3.63) is 24.4 Å². The lowest BCUT2D eigenvalue weighted by molar-refractivity contribution is 0.394. The Labute approximate surface area is 119 Å². The summed E-state index contributed by atoms with van der Waals surface area (Å²) in [5.41, 5.74) is 7.08. The van der Waals surface area contributed by atoms with Gasteiger partial charge in [0.05, 0.1) is 0 Å². The number of nitrogens with two attached hydrogens (primary N) is 1. The van der Waals surface area contributed by atoms with Crippen LogP contribution in [0.2, 0.25) is 0 Å². The summed E-state index contributed by atoms with van der Waals surface area (Å²) >= 11 is 0. The molecule has 1 atom stereocenters. The first-order valence-corrected chi connectivity index (χ1v) is 8.13. The highest BCUT2D eigenvalue weighted by molar-refractivity contribution is 7.89. The molecule has 1 aromatic carbocycles. The van der Waals surface area contributed by atoms with E-state index < -0.39 is 10.0 Å². The van der Waals surface area contributed by atoms with Crippen molar-refractivity contribution in [2.45, 2.75) is 25.2 Å². The molecule has 5 nitrogen and oxygen atoms in total. The van der Waals surface area contributed by atoms with E-state index in [4.69, 9.17) is 5.73 Å². The molecule has 3 N–H and O–H groups in total. The standard InChI is InChI=1S/C14H21N3O2S/c1-4-10(2)9-17(3)20(18,19)14-8-16-13-6-5-11(15)7-12(13)14/h5-8,10,16H,4,9,15H2,1-3H3. The fourth-order valence-electron chi connectivity index (χ4n) is 2.16. The Bertz CT molecular complexity index is 706. The van der Waals surface area contributed by atoms with Gasteiger partial charge >= 0.3 is 0 Å². The fraction of sp³-hybridized carbons (Fsp3) is 0.429. The monoisotopic (exact) mass is 295 g/mol. The Morgan fingerprint density at radius 1 is 1.40 bits per heavy atom. The van der Waals surface area contributed by atoms with Crippen LogP contribution in [0.15, 0.2) is 29.3 Å². The van der Waals surface area contributed by atoms with Crippen molar-refractivity contribution in [1.82, 2.24) is 9.29 Å². The number of aromatic nitrogens is 1. The number of aromatic amines is 1. The van der Waals surface area contributed by atoms with Crippen LogP contribution >= 0.6 is 0 Å². The summed E-state index contributed by atoms with van der Waals surface area (Å²) in [7, 11) is -1.88. The zero-order valence-electron chi connectivity index (χ0n) is 12.1. The summed E-state index contributed by atoms with van der Waals surface area (Å²) in [6.45, 7) is 4.60. The minimum Gasteiger partial charge on any atom is -0.399 e. The Hall–Kier alpha value is -1.53. The molecule has 0 amide bonds. The molecule has 0 aliphatic heterocycles. The zero-order valence-corrected chi connectivity index (χ0v) is 12.9. The quantitative estimate of drug-likeness (QED) is 0.831. The summed E-state index contributed by atoms with van der Waals surface area (Å²) in [5, 5.41) is 0.640. The van der Waals surface area contributed by atoms with E-state index in [9.17, 15) is 8.42 Å². The first-order chi connectivity index (χ1) is 9.36. The highest BCUT2D eigenvalue weighted by atomic mass is 32.2. The molecule has 0 saturated carbocycles. The summed E-state index contributed by atoms with van der Waals surface area (Å²) in [5.74, 6) is 0.324. The maximum atomic E-state index is 12.6. The molecule has 0 bridgehead atoms. The van der Waals surface area contributed by atoms with Gasteiger partial charge in [0.2, 0.25) is 10.0 Å². The molecular weight excluding hydrogens is 274 g/mol. The minimum absolute atomic E-state index is 0.283. The minimum atomic E-state index is -3.50. The van der Waals surface area contributed by atoms with E-state index in [2.05, 4.69) is 11.9 Å². The molecule has 0 aliphatic rings. The average molecular weight is 295 g/mol. The van der Waals surface area contributed by atoms with Crippen LogP contribution in [0, 0.1) is 5.92 Å². The Balaban J connectivity index is 2.44. The second-order valence-electron chi connectivity index (χ2n) is 5.26. The van der Waals surface area contributed by atoms with E-state index in [1.54, 1.807) is 25.2 Å². The number of anilines is 1. The molecule has 1 heterocycles. The zero-order chi connectivity index (χ0) is 14.9. The Kier molecular flexibility index (Phi) is 4.06. The van der Waals surface area contributed by atoms with E-state index in [-0.39, 0.29) is 4.90 Å². The van der Waals surface area contributed by atoms with E-state index in [1.165, 1.54) is 10.5 Å². The highest BCUT2D eigenvalue weighted by Gasteiger charge is 2.25. The number of sulfonamides is 1. The van der Waals surface area contributed by atoms with Gasteiger partial charge < -0.3 is 10.7 Å². The first kappa shape index (κ1) is 14.9. The van der Waals surface area contributed by atoms with Crippen molar-refractivity contribution in [2.24, 2.45) is 5.92 Å². The molecule has 6 heteroatoms. The van der Waals surface area contributed by atoms with Crippen LogP contribution in [-0.2, 0) is 10.0 Å². The summed E-state index contributed by atoms with van der Waals surface area (Å²) in [4.78, 5) is 3.27.